The minimum atomic E-state index is -0.171. The van der Waals surface area contributed by atoms with Crippen molar-refractivity contribution >= 4 is 0 Å². The summed E-state index contributed by atoms with van der Waals surface area (Å²) in [5, 5.41) is 3.16. The maximum atomic E-state index is 13.2. The van der Waals surface area contributed by atoms with Crippen LogP contribution < -0.4 is 5.32 Å². The molecule has 0 fully saturated rings. The Balaban J connectivity index is 1.88. The molecule has 0 aromatic heterocycles. The fraction of sp³-hybridized carbons (Fsp3) is 0.333. The highest BCUT2D eigenvalue weighted by molar-refractivity contribution is 5.23. The van der Waals surface area contributed by atoms with Crippen LogP contribution in [-0.2, 0) is 19.5 Å². The van der Waals surface area contributed by atoms with Crippen LogP contribution in [0.15, 0.2) is 48.5 Å². The van der Waals surface area contributed by atoms with Crippen LogP contribution in [-0.4, -0.2) is 25.5 Å². The molecule has 0 saturated heterocycles. The van der Waals surface area contributed by atoms with Gasteiger partial charge in [-0.1, -0.05) is 36.4 Å². The summed E-state index contributed by atoms with van der Waals surface area (Å²) in [6.07, 6.45) is 1.05. The van der Waals surface area contributed by atoms with Gasteiger partial charge in [-0.05, 0) is 55.9 Å². The van der Waals surface area contributed by atoms with Gasteiger partial charge in [-0.25, -0.2) is 4.39 Å². The van der Waals surface area contributed by atoms with E-state index in [0.717, 1.165) is 31.6 Å². The Morgan fingerprint density at radius 3 is 2.29 bits per heavy atom. The Bertz CT molecular complexity index is 551. The van der Waals surface area contributed by atoms with E-state index in [1.165, 1.54) is 17.2 Å². The molecule has 21 heavy (non-hydrogen) atoms. The van der Waals surface area contributed by atoms with Gasteiger partial charge in [0.05, 0.1) is 0 Å². The third kappa shape index (κ3) is 5.29. The van der Waals surface area contributed by atoms with Crippen molar-refractivity contribution in [1.29, 1.82) is 0 Å². The second-order valence-corrected chi connectivity index (χ2v) is 5.47. The van der Waals surface area contributed by atoms with Crippen LogP contribution >= 0.6 is 0 Å². The van der Waals surface area contributed by atoms with Gasteiger partial charge >= 0.3 is 0 Å². The normalized spacial score (nSPS) is 11.0. The average molecular weight is 286 g/mol. The van der Waals surface area contributed by atoms with Gasteiger partial charge < -0.3 is 5.32 Å². The average Bonchev–Trinajstić information content (AvgIpc) is 2.46. The Labute approximate surface area is 126 Å². The van der Waals surface area contributed by atoms with Crippen molar-refractivity contribution in [2.45, 2.75) is 19.5 Å². The summed E-state index contributed by atoms with van der Waals surface area (Å²) in [5.74, 6) is -0.171. The van der Waals surface area contributed by atoms with Gasteiger partial charge in [0, 0.05) is 13.1 Å². The smallest absolute Gasteiger partial charge is 0.123 e. The lowest BCUT2D eigenvalue weighted by atomic mass is 10.1. The second kappa shape index (κ2) is 7.91. The van der Waals surface area contributed by atoms with Crippen LogP contribution in [0.2, 0.25) is 0 Å². The van der Waals surface area contributed by atoms with E-state index in [4.69, 9.17) is 0 Å². The van der Waals surface area contributed by atoms with E-state index in [1.807, 2.05) is 13.1 Å². The number of likely N-dealkylation sites (N-methyl/N-ethyl adjacent to an activating group) is 1. The van der Waals surface area contributed by atoms with Crippen LogP contribution in [0.3, 0.4) is 0 Å². The summed E-state index contributed by atoms with van der Waals surface area (Å²) in [4.78, 5) is 2.19. The lowest BCUT2D eigenvalue weighted by Gasteiger charge is -2.17. The van der Waals surface area contributed by atoms with E-state index in [2.05, 4.69) is 41.5 Å². The second-order valence-electron chi connectivity index (χ2n) is 5.47. The number of rotatable bonds is 7. The lowest BCUT2D eigenvalue weighted by molar-refractivity contribution is 0.318. The Morgan fingerprint density at radius 1 is 0.952 bits per heavy atom. The maximum Gasteiger partial charge on any atom is 0.123 e. The number of nitrogens with one attached hydrogen (secondary N) is 1. The summed E-state index contributed by atoms with van der Waals surface area (Å²) < 4.78 is 13.2. The van der Waals surface area contributed by atoms with Crippen LogP contribution in [0.4, 0.5) is 4.39 Å². The van der Waals surface area contributed by atoms with Crippen LogP contribution in [0.5, 0.6) is 0 Å². The summed E-state index contributed by atoms with van der Waals surface area (Å²) in [5.41, 5.74) is 3.63. The summed E-state index contributed by atoms with van der Waals surface area (Å²) in [7, 11) is 4.02. The van der Waals surface area contributed by atoms with Crippen molar-refractivity contribution < 1.29 is 4.39 Å². The van der Waals surface area contributed by atoms with E-state index in [0.29, 0.717) is 0 Å². The van der Waals surface area contributed by atoms with Gasteiger partial charge in [0.1, 0.15) is 5.82 Å². The fourth-order valence-electron chi connectivity index (χ4n) is 2.40. The molecule has 0 heterocycles. The molecular weight excluding hydrogens is 263 g/mol. The van der Waals surface area contributed by atoms with Gasteiger partial charge in [-0.15, -0.1) is 0 Å². The molecule has 0 amide bonds. The summed E-state index contributed by atoms with van der Waals surface area (Å²) in [6, 6.07) is 15.5. The monoisotopic (exact) mass is 286 g/mol. The molecule has 0 aliphatic carbocycles. The van der Waals surface area contributed by atoms with Crippen molar-refractivity contribution in [2.75, 3.05) is 20.6 Å². The van der Waals surface area contributed by atoms with Crippen molar-refractivity contribution in [2.24, 2.45) is 0 Å². The number of halogens is 1. The van der Waals surface area contributed by atoms with E-state index >= 15 is 0 Å². The van der Waals surface area contributed by atoms with Crippen molar-refractivity contribution in [1.82, 2.24) is 10.2 Å². The largest absolute Gasteiger partial charge is 0.319 e. The van der Waals surface area contributed by atoms with E-state index in [-0.39, 0.29) is 5.82 Å². The SMILES string of the molecule is CNCCc1ccc(CN(C)Cc2cccc(F)c2)cc1. The first-order chi connectivity index (χ1) is 10.2. The zero-order valence-electron chi connectivity index (χ0n) is 12.8. The predicted molar refractivity (Wildman–Crippen MR) is 85.6 cm³/mol. The molecule has 0 aliphatic heterocycles. The van der Waals surface area contributed by atoms with Crippen LogP contribution in [0.1, 0.15) is 16.7 Å². The number of hydrogen-bond acceptors (Lipinski definition) is 2. The first-order valence-corrected chi connectivity index (χ1v) is 7.33. The quantitative estimate of drug-likeness (QED) is 0.841. The van der Waals surface area contributed by atoms with Crippen molar-refractivity contribution in [3.05, 3.63) is 71.0 Å². The molecule has 0 aliphatic rings. The Hall–Kier alpha value is -1.71. The van der Waals surface area contributed by atoms with E-state index in [9.17, 15) is 4.39 Å². The van der Waals surface area contributed by atoms with Gasteiger partial charge in [0.15, 0.2) is 0 Å². The maximum absolute atomic E-state index is 13.2. The molecule has 2 nitrogen and oxygen atoms in total. The molecule has 0 atom stereocenters. The summed E-state index contributed by atoms with van der Waals surface area (Å²) in [6.45, 7) is 2.61. The molecule has 0 spiro atoms. The highest BCUT2D eigenvalue weighted by Gasteiger charge is 2.03. The molecule has 0 bridgehead atoms. The molecule has 2 rings (SSSR count). The minimum absolute atomic E-state index is 0.171. The van der Waals surface area contributed by atoms with Gasteiger partial charge in [-0.3, -0.25) is 4.90 Å². The first-order valence-electron chi connectivity index (χ1n) is 7.33. The van der Waals surface area contributed by atoms with E-state index < -0.39 is 0 Å². The topological polar surface area (TPSA) is 15.3 Å². The number of hydrogen-bond donors (Lipinski definition) is 1. The molecule has 1 N–H and O–H groups in total. The zero-order chi connectivity index (χ0) is 15.1. The highest BCUT2D eigenvalue weighted by atomic mass is 19.1. The van der Waals surface area contributed by atoms with Gasteiger partial charge in [-0.2, -0.15) is 0 Å². The third-order valence-corrected chi connectivity index (χ3v) is 3.48. The summed E-state index contributed by atoms with van der Waals surface area (Å²) >= 11 is 0. The lowest BCUT2D eigenvalue weighted by Crippen LogP contribution is -2.17. The number of nitrogens with zero attached hydrogens (tertiary/aromatic N) is 1. The molecule has 3 heteroatoms. The standard InChI is InChI=1S/C18H23FN2/c1-20-11-10-15-6-8-16(9-7-15)13-21(2)14-17-4-3-5-18(19)12-17/h3-9,12,20H,10-11,13-14H2,1-2H3. The number of benzene rings is 2. The zero-order valence-corrected chi connectivity index (χ0v) is 12.8. The van der Waals surface area contributed by atoms with Gasteiger partial charge in [0.2, 0.25) is 0 Å². The van der Waals surface area contributed by atoms with Crippen LogP contribution in [0.25, 0.3) is 0 Å². The molecule has 112 valence electrons. The molecule has 0 unspecified atom stereocenters. The molecule has 2 aromatic carbocycles. The van der Waals surface area contributed by atoms with E-state index in [1.54, 1.807) is 12.1 Å². The molecular formula is C18H23FN2. The Kier molecular flexibility index (Phi) is 5.90. The first kappa shape index (κ1) is 15.7. The molecule has 2 aromatic rings. The van der Waals surface area contributed by atoms with Crippen LogP contribution in [0, 0.1) is 5.82 Å². The van der Waals surface area contributed by atoms with Gasteiger partial charge in [0.25, 0.3) is 0 Å². The van der Waals surface area contributed by atoms with Crippen molar-refractivity contribution in [3.8, 4) is 0 Å². The predicted octanol–water partition coefficient (Wildman–Crippen LogP) is 3.22. The third-order valence-electron chi connectivity index (χ3n) is 3.48. The fourth-order valence-corrected chi connectivity index (χ4v) is 2.40. The minimum Gasteiger partial charge on any atom is -0.319 e. The van der Waals surface area contributed by atoms with Crippen molar-refractivity contribution in [3.63, 3.8) is 0 Å². The molecule has 0 saturated carbocycles. The highest BCUT2D eigenvalue weighted by Crippen LogP contribution is 2.11. The Morgan fingerprint density at radius 2 is 1.62 bits per heavy atom. The molecule has 0 radical (unpaired) electrons.